The normalized spacial score (nSPS) is 17.6. The van der Waals surface area contributed by atoms with E-state index >= 15 is 0 Å². The van der Waals surface area contributed by atoms with Crippen molar-refractivity contribution in [2.75, 3.05) is 26.7 Å². The summed E-state index contributed by atoms with van der Waals surface area (Å²) >= 11 is 0. The predicted octanol–water partition coefficient (Wildman–Crippen LogP) is 2.65. The van der Waals surface area contributed by atoms with Gasteiger partial charge in [0.1, 0.15) is 5.75 Å². The van der Waals surface area contributed by atoms with E-state index in [0.29, 0.717) is 18.2 Å². The number of carbonyl (C=O) groups excluding carboxylic acids is 2. The van der Waals surface area contributed by atoms with Crippen molar-refractivity contribution >= 4 is 11.7 Å². The van der Waals surface area contributed by atoms with Gasteiger partial charge >= 0.3 is 0 Å². The Labute approximate surface area is 144 Å². The largest absolute Gasteiger partial charge is 0.494 e. The van der Waals surface area contributed by atoms with Crippen LogP contribution < -0.4 is 10.1 Å². The van der Waals surface area contributed by atoms with Crippen LogP contribution in [0, 0.1) is 0 Å². The Balaban J connectivity index is 1.80. The number of piperidine rings is 1. The number of carbonyl (C=O) groups is 2. The summed E-state index contributed by atoms with van der Waals surface area (Å²) < 4.78 is 5.51. The number of hydrogen-bond acceptors (Lipinski definition) is 4. The van der Waals surface area contributed by atoms with Gasteiger partial charge in [0.25, 0.3) is 0 Å². The van der Waals surface area contributed by atoms with Crippen LogP contribution in [0.2, 0.25) is 0 Å². The highest BCUT2D eigenvalue weighted by Crippen LogP contribution is 2.16. The Kier molecular flexibility index (Phi) is 7.25. The van der Waals surface area contributed by atoms with Crippen molar-refractivity contribution in [1.29, 1.82) is 0 Å². The Bertz CT molecular complexity index is 542. The first-order chi connectivity index (χ1) is 11.6. The number of hydrogen-bond donors (Lipinski definition) is 1. The van der Waals surface area contributed by atoms with Crippen LogP contribution in [0.15, 0.2) is 24.3 Å². The summed E-state index contributed by atoms with van der Waals surface area (Å²) in [7, 11) is 1.93. The van der Waals surface area contributed by atoms with Gasteiger partial charge in [-0.1, -0.05) is 6.92 Å². The van der Waals surface area contributed by atoms with Crippen LogP contribution in [0.1, 0.15) is 49.4 Å². The Morgan fingerprint density at radius 2 is 2.00 bits per heavy atom. The van der Waals surface area contributed by atoms with Crippen molar-refractivity contribution < 1.29 is 14.3 Å². The second-order valence-electron chi connectivity index (χ2n) is 6.26. The molecule has 24 heavy (non-hydrogen) atoms. The van der Waals surface area contributed by atoms with Crippen LogP contribution in [-0.4, -0.2) is 49.4 Å². The first-order valence-electron chi connectivity index (χ1n) is 8.85. The number of likely N-dealkylation sites (N-methyl/N-ethyl adjacent to an activating group) is 1. The lowest BCUT2D eigenvalue weighted by atomic mass is 10.0. The highest BCUT2D eigenvalue weighted by atomic mass is 16.5. The quantitative estimate of drug-likeness (QED) is 0.744. The van der Waals surface area contributed by atoms with Crippen molar-refractivity contribution in [1.82, 2.24) is 10.2 Å². The monoisotopic (exact) mass is 332 g/mol. The summed E-state index contributed by atoms with van der Waals surface area (Å²) in [5.41, 5.74) is 0.637. The molecule has 1 atom stereocenters. The molecule has 0 aliphatic carbocycles. The van der Waals surface area contributed by atoms with Crippen molar-refractivity contribution in [3.05, 3.63) is 29.8 Å². The molecule has 1 aromatic rings. The maximum atomic E-state index is 12.3. The maximum absolute atomic E-state index is 12.3. The molecule has 132 valence electrons. The van der Waals surface area contributed by atoms with E-state index in [4.69, 9.17) is 4.74 Å². The molecule has 1 aliphatic heterocycles. The highest BCUT2D eigenvalue weighted by molar-refractivity contribution is 5.98. The molecular formula is C19H28N2O3. The van der Waals surface area contributed by atoms with Gasteiger partial charge in [0.2, 0.25) is 5.91 Å². The molecule has 1 unspecified atom stereocenters. The summed E-state index contributed by atoms with van der Waals surface area (Å²) in [6.07, 6.45) is 3.61. The first-order valence-corrected chi connectivity index (χ1v) is 8.85. The Morgan fingerprint density at radius 3 is 2.67 bits per heavy atom. The number of nitrogens with one attached hydrogen (secondary N) is 1. The summed E-state index contributed by atoms with van der Waals surface area (Å²) in [6.45, 7) is 4.27. The first kappa shape index (κ1) is 18.5. The van der Waals surface area contributed by atoms with Crippen LogP contribution in [0.4, 0.5) is 0 Å². The standard InChI is InChI=1S/C19H28N2O3/c1-3-13-24-17-8-6-15(7-9-17)18(22)10-11-19(23)21-12-4-5-16(14-21)20-2/h6-9,16,20H,3-5,10-14H2,1-2H3. The average Bonchev–Trinajstić information content (AvgIpc) is 2.64. The van der Waals surface area contributed by atoms with Crippen LogP contribution in [0.25, 0.3) is 0 Å². The fraction of sp³-hybridized carbons (Fsp3) is 0.579. The molecule has 0 spiro atoms. The summed E-state index contributed by atoms with van der Waals surface area (Å²) in [6, 6.07) is 7.54. The van der Waals surface area contributed by atoms with E-state index in [-0.39, 0.29) is 24.5 Å². The zero-order valence-electron chi connectivity index (χ0n) is 14.7. The molecule has 1 fully saturated rings. The van der Waals surface area contributed by atoms with E-state index in [1.54, 1.807) is 12.1 Å². The van der Waals surface area contributed by atoms with Gasteiger partial charge in [-0.15, -0.1) is 0 Å². The maximum Gasteiger partial charge on any atom is 0.223 e. The van der Waals surface area contributed by atoms with Crippen molar-refractivity contribution in [3.63, 3.8) is 0 Å². The molecule has 0 radical (unpaired) electrons. The van der Waals surface area contributed by atoms with Crippen LogP contribution in [0.3, 0.4) is 0 Å². The molecule has 0 bridgehead atoms. The summed E-state index contributed by atoms with van der Waals surface area (Å²) in [5, 5.41) is 3.23. The molecule has 5 nitrogen and oxygen atoms in total. The molecule has 1 aliphatic rings. The summed E-state index contributed by atoms with van der Waals surface area (Å²) in [4.78, 5) is 26.4. The van der Waals surface area contributed by atoms with Gasteiger partial charge in [-0.05, 0) is 50.6 Å². The number of rotatable bonds is 8. The minimum atomic E-state index is 0.00701. The van der Waals surface area contributed by atoms with E-state index in [1.165, 1.54) is 0 Å². The van der Waals surface area contributed by atoms with Crippen molar-refractivity contribution in [2.45, 2.75) is 45.1 Å². The zero-order valence-corrected chi connectivity index (χ0v) is 14.7. The SMILES string of the molecule is CCCOc1ccc(C(=O)CCC(=O)N2CCCC(NC)C2)cc1. The van der Waals surface area contributed by atoms with Crippen molar-refractivity contribution in [2.24, 2.45) is 0 Å². The third-order valence-electron chi connectivity index (χ3n) is 4.40. The Hall–Kier alpha value is -1.88. The van der Waals surface area contributed by atoms with Gasteiger partial charge in [0, 0.05) is 37.5 Å². The third-order valence-corrected chi connectivity index (χ3v) is 4.40. The molecule has 1 N–H and O–H groups in total. The van der Waals surface area contributed by atoms with Crippen LogP contribution >= 0.6 is 0 Å². The lowest BCUT2D eigenvalue weighted by Gasteiger charge is -2.32. The molecule has 1 amide bonds. The van der Waals surface area contributed by atoms with Crippen LogP contribution in [0.5, 0.6) is 5.75 Å². The molecule has 0 saturated carbocycles. The number of ether oxygens (including phenoxy) is 1. The second kappa shape index (κ2) is 9.42. The zero-order chi connectivity index (χ0) is 17.4. The van der Waals surface area contributed by atoms with Gasteiger partial charge < -0.3 is 15.0 Å². The topological polar surface area (TPSA) is 58.6 Å². The molecule has 5 heteroatoms. The van der Waals surface area contributed by atoms with E-state index in [2.05, 4.69) is 12.2 Å². The molecule has 1 saturated heterocycles. The number of nitrogens with zero attached hydrogens (tertiary/aromatic N) is 1. The predicted molar refractivity (Wildman–Crippen MR) is 94.5 cm³/mol. The van der Waals surface area contributed by atoms with E-state index in [9.17, 15) is 9.59 Å². The number of likely N-dealkylation sites (tertiary alicyclic amines) is 1. The molecule has 1 aromatic carbocycles. The van der Waals surface area contributed by atoms with Gasteiger partial charge in [0.15, 0.2) is 5.78 Å². The van der Waals surface area contributed by atoms with E-state index in [0.717, 1.165) is 38.1 Å². The van der Waals surface area contributed by atoms with Gasteiger partial charge in [-0.2, -0.15) is 0 Å². The number of ketones is 1. The van der Waals surface area contributed by atoms with E-state index < -0.39 is 0 Å². The van der Waals surface area contributed by atoms with E-state index in [1.807, 2.05) is 24.1 Å². The minimum Gasteiger partial charge on any atom is -0.494 e. The lowest BCUT2D eigenvalue weighted by molar-refractivity contribution is -0.132. The number of amides is 1. The minimum absolute atomic E-state index is 0.00701. The van der Waals surface area contributed by atoms with Gasteiger partial charge in [-0.3, -0.25) is 9.59 Å². The second-order valence-corrected chi connectivity index (χ2v) is 6.26. The Morgan fingerprint density at radius 1 is 1.25 bits per heavy atom. The lowest BCUT2D eigenvalue weighted by Crippen LogP contribution is -2.47. The van der Waals surface area contributed by atoms with Crippen LogP contribution in [-0.2, 0) is 4.79 Å². The summed E-state index contributed by atoms with van der Waals surface area (Å²) in [5.74, 6) is 0.856. The van der Waals surface area contributed by atoms with Gasteiger partial charge in [-0.25, -0.2) is 0 Å². The van der Waals surface area contributed by atoms with Gasteiger partial charge in [0.05, 0.1) is 6.61 Å². The fourth-order valence-corrected chi connectivity index (χ4v) is 2.92. The van der Waals surface area contributed by atoms with Crippen molar-refractivity contribution in [3.8, 4) is 5.75 Å². The average molecular weight is 332 g/mol. The fourth-order valence-electron chi connectivity index (χ4n) is 2.92. The highest BCUT2D eigenvalue weighted by Gasteiger charge is 2.22. The molecule has 0 aromatic heterocycles. The number of Topliss-reactive ketones (excluding diaryl/α,β-unsaturated/α-hetero) is 1. The number of benzene rings is 1. The molecule has 1 heterocycles. The third kappa shape index (κ3) is 5.34. The molecular weight excluding hydrogens is 304 g/mol. The smallest absolute Gasteiger partial charge is 0.223 e. The molecule has 2 rings (SSSR count).